The van der Waals surface area contributed by atoms with Gasteiger partial charge in [0.25, 0.3) is 0 Å². The minimum Gasteiger partial charge on any atom is -0.490 e. The number of aryl methyl sites for hydroxylation is 1. The summed E-state index contributed by atoms with van der Waals surface area (Å²) in [6, 6.07) is 28.2. The number of rotatable bonds is 8. The first-order valence-electron chi connectivity index (χ1n) is 14.2. The predicted octanol–water partition coefficient (Wildman–Crippen LogP) is 9.53. The Labute approximate surface area is 233 Å². The maximum atomic E-state index is 6.19. The molecule has 0 saturated carbocycles. The van der Waals surface area contributed by atoms with E-state index in [0.717, 1.165) is 41.3 Å². The highest BCUT2D eigenvalue weighted by molar-refractivity contribution is 5.98. The average Bonchev–Trinajstić information content (AvgIpc) is 2.91. The number of hydrogen-bond donors (Lipinski definition) is 0. The van der Waals surface area contributed by atoms with Crippen LogP contribution >= 0.6 is 0 Å². The first-order valence-corrected chi connectivity index (χ1v) is 14.2. The zero-order valence-electron chi connectivity index (χ0n) is 24.3. The lowest BCUT2D eigenvalue weighted by Gasteiger charge is -2.41. The van der Waals surface area contributed by atoms with Crippen LogP contribution in [0.5, 0.6) is 11.5 Å². The van der Waals surface area contributed by atoms with E-state index in [1.165, 1.54) is 33.9 Å². The van der Waals surface area contributed by atoms with E-state index in [0.29, 0.717) is 0 Å². The monoisotopic (exact) mass is 520 g/mol. The molecule has 0 bridgehead atoms. The number of benzene rings is 4. The van der Waals surface area contributed by atoms with E-state index >= 15 is 0 Å². The van der Waals surface area contributed by atoms with Gasteiger partial charge in [0, 0.05) is 24.2 Å². The Morgan fingerprint density at radius 1 is 0.590 bits per heavy atom. The van der Waals surface area contributed by atoms with E-state index in [9.17, 15) is 0 Å². The Bertz CT molecular complexity index is 1470. The van der Waals surface area contributed by atoms with Crippen LogP contribution in [0.1, 0.15) is 47.1 Å². The zero-order chi connectivity index (χ0) is 27.7. The molecule has 0 spiro atoms. The van der Waals surface area contributed by atoms with Gasteiger partial charge in [-0.25, -0.2) is 0 Å². The molecule has 4 aromatic rings. The van der Waals surface area contributed by atoms with Crippen molar-refractivity contribution in [1.29, 1.82) is 0 Å². The number of hydrogen-bond acceptors (Lipinski definition) is 4. The van der Waals surface area contributed by atoms with Gasteiger partial charge in [0.15, 0.2) is 0 Å². The fourth-order valence-corrected chi connectivity index (χ4v) is 5.65. The van der Waals surface area contributed by atoms with Gasteiger partial charge in [-0.05, 0) is 102 Å². The largest absolute Gasteiger partial charge is 0.490 e. The smallest absolute Gasteiger partial charge is 0.127 e. The van der Waals surface area contributed by atoms with Crippen LogP contribution in [0.3, 0.4) is 0 Å². The van der Waals surface area contributed by atoms with Crippen molar-refractivity contribution in [2.45, 2.75) is 60.7 Å². The van der Waals surface area contributed by atoms with Crippen LogP contribution in [-0.4, -0.2) is 25.3 Å². The Morgan fingerprint density at radius 2 is 1.13 bits per heavy atom. The third-order valence-corrected chi connectivity index (χ3v) is 7.15. The summed E-state index contributed by atoms with van der Waals surface area (Å²) in [4.78, 5) is 4.90. The molecule has 0 amide bonds. The third kappa shape index (κ3) is 5.08. The molecule has 39 heavy (non-hydrogen) atoms. The molecule has 1 aliphatic heterocycles. The van der Waals surface area contributed by atoms with E-state index in [1.54, 1.807) is 0 Å². The molecule has 4 aromatic carbocycles. The van der Waals surface area contributed by atoms with Gasteiger partial charge in [-0.15, -0.1) is 0 Å². The molecule has 202 valence electrons. The van der Waals surface area contributed by atoms with E-state index in [4.69, 9.17) is 9.47 Å². The van der Waals surface area contributed by atoms with E-state index < -0.39 is 0 Å². The van der Waals surface area contributed by atoms with Crippen LogP contribution in [0.25, 0.3) is 22.3 Å². The van der Waals surface area contributed by atoms with Gasteiger partial charge < -0.3 is 19.3 Å². The summed E-state index contributed by atoms with van der Waals surface area (Å²) in [6.07, 6.45) is 0.232. The molecule has 1 heterocycles. The second kappa shape index (κ2) is 11.1. The highest BCUT2D eigenvalue weighted by Gasteiger charge is 2.30. The Morgan fingerprint density at radius 3 is 1.69 bits per heavy atom. The molecule has 0 unspecified atom stereocenters. The van der Waals surface area contributed by atoms with Crippen molar-refractivity contribution in [1.82, 2.24) is 0 Å². The highest BCUT2D eigenvalue weighted by atomic mass is 16.5. The van der Waals surface area contributed by atoms with Crippen molar-refractivity contribution in [2.24, 2.45) is 0 Å². The lowest BCUT2D eigenvalue weighted by Crippen LogP contribution is -2.30. The van der Waals surface area contributed by atoms with Crippen LogP contribution in [0.15, 0.2) is 78.9 Å². The van der Waals surface area contributed by atoms with Gasteiger partial charge in [-0.1, -0.05) is 42.5 Å². The van der Waals surface area contributed by atoms with E-state index in [1.807, 2.05) is 12.1 Å². The SMILES string of the molecule is CCN1c2ccc(-c3ccccc3OC(C)C)cc2N(CC)c2c(C)cc(-c3ccccc3OC(C)C)cc21. The van der Waals surface area contributed by atoms with Gasteiger partial charge in [-0.3, -0.25) is 0 Å². The summed E-state index contributed by atoms with van der Waals surface area (Å²) >= 11 is 0. The van der Waals surface area contributed by atoms with Crippen LogP contribution in [0.2, 0.25) is 0 Å². The molecule has 5 rings (SSSR count). The lowest BCUT2D eigenvalue weighted by molar-refractivity contribution is 0.243. The summed E-state index contributed by atoms with van der Waals surface area (Å²) in [5.41, 5.74) is 10.8. The summed E-state index contributed by atoms with van der Waals surface area (Å²) in [5.74, 6) is 1.84. The van der Waals surface area contributed by atoms with E-state index in [-0.39, 0.29) is 12.2 Å². The molecule has 0 N–H and O–H groups in total. The number of ether oxygens (including phenoxy) is 2. The molecular weight excluding hydrogens is 480 g/mol. The quantitative estimate of drug-likeness (QED) is 0.231. The molecule has 1 aliphatic rings. The fourth-order valence-electron chi connectivity index (χ4n) is 5.65. The molecule has 4 heteroatoms. The van der Waals surface area contributed by atoms with Crippen molar-refractivity contribution in [3.8, 4) is 33.8 Å². The Balaban J connectivity index is 1.64. The molecule has 0 aromatic heterocycles. The summed E-state index contributed by atoms with van der Waals surface area (Å²) in [6.45, 7) is 16.7. The first-order chi connectivity index (χ1) is 18.8. The maximum Gasteiger partial charge on any atom is 0.127 e. The highest BCUT2D eigenvalue weighted by Crippen LogP contribution is 2.52. The minimum atomic E-state index is 0.115. The number of para-hydroxylation sites is 2. The van der Waals surface area contributed by atoms with Crippen molar-refractivity contribution >= 4 is 22.7 Å². The standard InChI is InChI=1S/C35H40N2O2/c1-8-36-30-19-18-26(28-14-10-12-16-33(28)38-23(3)4)21-31(30)37(9-2)35-25(7)20-27(22-32(35)36)29-15-11-13-17-34(29)39-24(5)6/h10-24H,8-9H2,1-7H3. The van der Waals surface area contributed by atoms with Crippen molar-refractivity contribution in [3.05, 3.63) is 84.4 Å². The third-order valence-electron chi connectivity index (χ3n) is 7.15. The van der Waals surface area contributed by atoms with Crippen LogP contribution in [0, 0.1) is 6.92 Å². The molecule has 0 radical (unpaired) electrons. The van der Waals surface area contributed by atoms with E-state index in [2.05, 4.69) is 125 Å². The van der Waals surface area contributed by atoms with Gasteiger partial charge in [0.2, 0.25) is 0 Å². The zero-order valence-corrected chi connectivity index (χ0v) is 24.3. The first kappa shape index (κ1) is 26.7. The molecule has 0 fully saturated rings. The molecule has 4 nitrogen and oxygen atoms in total. The van der Waals surface area contributed by atoms with Gasteiger partial charge in [-0.2, -0.15) is 0 Å². The Hall–Kier alpha value is -3.92. The van der Waals surface area contributed by atoms with Gasteiger partial charge in [0.1, 0.15) is 11.5 Å². The number of fused-ring (bicyclic) bond motifs is 2. The topological polar surface area (TPSA) is 24.9 Å². The molecular formula is C35H40N2O2. The van der Waals surface area contributed by atoms with Crippen LogP contribution in [0.4, 0.5) is 22.7 Å². The minimum absolute atomic E-state index is 0.115. The second-order valence-electron chi connectivity index (χ2n) is 10.7. The predicted molar refractivity (Wildman–Crippen MR) is 165 cm³/mol. The molecule has 0 aliphatic carbocycles. The lowest BCUT2D eigenvalue weighted by atomic mass is 9.95. The molecule has 0 saturated heterocycles. The average molecular weight is 521 g/mol. The molecule has 0 atom stereocenters. The number of anilines is 4. The normalized spacial score (nSPS) is 12.5. The summed E-state index contributed by atoms with van der Waals surface area (Å²) < 4.78 is 12.4. The van der Waals surface area contributed by atoms with Crippen LogP contribution < -0.4 is 19.3 Å². The van der Waals surface area contributed by atoms with Crippen molar-refractivity contribution in [3.63, 3.8) is 0 Å². The fraction of sp³-hybridized carbons (Fsp3) is 0.314. The van der Waals surface area contributed by atoms with Gasteiger partial charge >= 0.3 is 0 Å². The maximum absolute atomic E-state index is 6.19. The number of nitrogens with zero attached hydrogens (tertiary/aromatic N) is 2. The van der Waals surface area contributed by atoms with Gasteiger partial charge in [0.05, 0.1) is 35.0 Å². The van der Waals surface area contributed by atoms with Crippen LogP contribution in [-0.2, 0) is 0 Å². The second-order valence-corrected chi connectivity index (χ2v) is 10.7. The van der Waals surface area contributed by atoms with Crippen molar-refractivity contribution in [2.75, 3.05) is 22.9 Å². The summed E-state index contributed by atoms with van der Waals surface area (Å²) in [7, 11) is 0. The van der Waals surface area contributed by atoms with Crippen molar-refractivity contribution < 1.29 is 9.47 Å². The Kier molecular flexibility index (Phi) is 7.56. The summed E-state index contributed by atoms with van der Waals surface area (Å²) in [5, 5.41) is 0.